The van der Waals surface area contributed by atoms with Gasteiger partial charge in [0.1, 0.15) is 5.76 Å². The highest BCUT2D eigenvalue weighted by Crippen LogP contribution is 2.27. The van der Waals surface area contributed by atoms with Gasteiger partial charge in [0.25, 0.3) is 0 Å². The number of aromatic nitrogens is 3. The fourth-order valence-corrected chi connectivity index (χ4v) is 4.04. The molecule has 2 aromatic carbocycles. The second-order valence-electron chi connectivity index (χ2n) is 7.22. The first-order valence-electron chi connectivity index (χ1n) is 10.2. The first-order chi connectivity index (χ1) is 15.2. The highest BCUT2D eigenvalue weighted by molar-refractivity contribution is 7.99. The Balaban J connectivity index is 1.43. The lowest BCUT2D eigenvalue weighted by Gasteiger charge is -2.13. The van der Waals surface area contributed by atoms with E-state index in [1.54, 1.807) is 6.26 Å². The van der Waals surface area contributed by atoms with Gasteiger partial charge in [-0.15, -0.1) is 10.2 Å². The minimum Gasteiger partial charge on any atom is -0.469 e. The molecule has 6 nitrogen and oxygen atoms in total. The van der Waals surface area contributed by atoms with Crippen LogP contribution >= 0.6 is 11.8 Å². The Kier molecular flexibility index (Phi) is 6.84. The number of carbonyl (C=O) groups is 1. The van der Waals surface area contributed by atoms with Crippen molar-refractivity contribution in [1.29, 1.82) is 0 Å². The van der Waals surface area contributed by atoms with Gasteiger partial charge in [0, 0.05) is 23.7 Å². The highest BCUT2D eigenvalue weighted by atomic mass is 32.2. The maximum Gasteiger partial charge on any atom is 0.230 e. The summed E-state index contributed by atoms with van der Waals surface area (Å²) in [4.78, 5) is 12.5. The average molecular weight is 433 g/mol. The zero-order valence-corrected chi connectivity index (χ0v) is 18.1. The third-order valence-corrected chi connectivity index (χ3v) is 5.75. The number of hydrogen-bond donors (Lipinski definition) is 1. The number of nitrogens with one attached hydrogen (secondary N) is 1. The molecule has 0 spiro atoms. The minimum atomic E-state index is -0.0270. The number of aryl methyl sites for hydroxylation is 1. The highest BCUT2D eigenvalue weighted by Gasteiger charge is 2.17. The topological polar surface area (TPSA) is 73.0 Å². The summed E-state index contributed by atoms with van der Waals surface area (Å²) in [7, 11) is 0. The number of rotatable bonds is 9. The van der Waals surface area contributed by atoms with E-state index >= 15 is 0 Å². The van der Waals surface area contributed by atoms with E-state index in [1.165, 1.54) is 11.8 Å². The number of carbonyl (C=O) groups excluding carboxylic acids is 1. The Labute approximate surface area is 185 Å². The summed E-state index contributed by atoms with van der Waals surface area (Å²) >= 11 is 1.38. The largest absolute Gasteiger partial charge is 0.469 e. The summed E-state index contributed by atoms with van der Waals surface area (Å²) in [6.07, 6.45) is 3.29. The van der Waals surface area contributed by atoms with Crippen LogP contribution in [0.2, 0.25) is 0 Å². The van der Waals surface area contributed by atoms with Crippen molar-refractivity contribution in [2.24, 2.45) is 0 Å². The molecule has 0 radical (unpaired) electrons. The van der Waals surface area contributed by atoms with Gasteiger partial charge in [0.05, 0.1) is 12.0 Å². The van der Waals surface area contributed by atoms with Crippen molar-refractivity contribution in [3.8, 4) is 17.1 Å². The molecule has 1 N–H and O–H groups in total. The molecule has 4 rings (SSSR count). The predicted octanol–water partition coefficient (Wildman–Crippen LogP) is 4.76. The van der Waals surface area contributed by atoms with Crippen LogP contribution in [0, 0.1) is 0 Å². The number of hydrogen-bond acceptors (Lipinski definition) is 5. The van der Waals surface area contributed by atoms with E-state index in [-0.39, 0.29) is 17.7 Å². The minimum absolute atomic E-state index is 0.0270. The molecule has 0 fully saturated rings. The average Bonchev–Trinajstić information content (AvgIpc) is 3.47. The summed E-state index contributed by atoms with van der Waals surface area (Å²) in [5, 5.41) is 12.5. The zero-order valence-electron chi connectivity index (χ0n) is 17.3. The molecule has 0 aliphatic rings. The molecule has 0 saturated heterocycles. The Bertz CT molecular complexity index is 1100. The molecule has 2 heterocycles. The van der Waals surface area contributed by atoms with Gasteiger partial charge in [-0.05, 0) is 37.6 Å². The van der Waals surface area contributed by atoms with Crippen molar-refractivity contribution >= 4 is 17.7 Å². The summed E-state index contributed by atoms with van der Waals surface area (Å²) in [5.74, 6) is 1.92. The van der Waals surface area contributed by atoms with Crippen molar-refractivity contribution in [1.82, 2.24) is 20.1 Å². The molecule has 31 heavy (non-hydrogen) atoms. The third-order valence-electron chi connectivity index (χ3n) is 4.82. The first kappa shape index (κ1) is 20.9. The van der Waals surface area contributed by atoms with Crippen LogP contribution < -0.4 is 5.32 Å². The molecular weight excluding hydrogens is 408 g/mol. The van der Waals surface area contributed by atoms with Crippen molar-refractivity contribution in [3.05, 3.63) is 84.8 Å². The van der Waals surface area contributed by atoms with Gasteiger partial charge in [-0.1, -0.05) is 60.3 Å². The van der Waals surface area contributed by atoms with E-state index in [0.717, 1.165) is 35.7 Å². The molecular formula is C24H24N4O2S. The molecule has 0 aliphatic carbocycles. The fourth-order valence-electron chi connectivity index (χ4n) is 3.28. The van der Waals surface area contributed by atoms with E-state index < -0.39 is 0 Å². The first-order valence-corrected chi connectivity index (χ1v) is 11.2. The van der Waals surface area contributed by atoms with Crippen LogP contribution in [0.25, 0.3) is 17.1 Å². The van der Waals surface area contributed by atoms with E-state index in [2.05, 4.69) is 15.5 Å². The Hall–Kier alpha value is -3.32. The van der Waals surface area contributed by atoms with Gasteiger partial charge < -0.3 is 9.73 Å². The van der Waals surface area contributed by atoms with Crippen molar-refractivity contribution in [2.45, 2.75) is 31.0 Å². The van der Waals surface area contributed by atoms with Crippen LogP contribution in [-0.4, -0.2) is 32.5 Å². The molecule has 0 saturated carbocycles. The molecule has 7 heteroatoms. The van der Waals surface area contributed by atoms with E-state index in [0.29, 0.717) is 5.16 Å². The van der Waals surface area contributed by atoms with Crippen LogP contribution in [0.1, 0.15) is 19.1 Å². The Morgan fingerprint density at radius 2 is 1.77 bits per heavy atom. The quantitative estimate of drug-likeness (QED) is 0.386. The number of thioether (sulfide) groups is 1. The Morgan fingerprint density at radius 3 is 2.48 bits per heavy atom. The van der Waals surface area contributed by atoms with Crippen LogP contribution in [0.3, 0.4) is 0 Å². The monoisotopic (exact) mass is 432 g/mol. The molecule has 4 aromatic rings. The molecule has 0 aliphatic heterocycles. The lowest BCUT2D eigenvalue weighted by Crippen LogP contribution is -2.34. The maximum atomic E-state index is 12.5. The van der Waals surface area contributed by atoms with Gasteiger partial charge in [0.2, 0.25) is 5.91 Å². The van der Waals surface area contributed by atoms with Gasteiger partial charge in [-0.2, -0.15) is 0 Å². The number of para-hydroxylation sites is 1. The molecule has 0 bridgehead atoms. The second-order valence-corrected chi connectivity index (χ2v) is 8.16. The Morgan fingerprint density at radius 1 is 1.03 bits per heavy atom. The predicted molar refractivity (Wildman–Crippen MR) is 122 cm³/mol. The van der Waals surface area contributed by atoms with Crippen LogP contribution in [-0.2, 0) is 11.2 Å². The molecule has 2 aromatic heterocycles. The summed E-state index contributed by atoms with van der Waals surface area (Å²) in [5.41, 5.74) is 1.93. The molecule has 1 amide bonds. The lowest BCUT2D eigenvalue weighted by atomic mass is 10.1. The summed E-state index contributed by atoms with van der Waals surface area (Å²) in [6, 6.07) is 23.8. The summed E-state index contributed by atoms with van der Waals surface area (Å²) in [6.45, 7) is 2.01. The fraction of sp³-hybridized carbons (Fsp3) is 0.208. The lowest BCUT2D eigenvalue weighted by molar-refractivity contribution is -0.119. The van der Waals surface area contributed by atoms with Crippen LogP contribution in [0.5, 0.6) is 0 Å². The van der Waals surface area contributed by atoms with E-state index in [4.69, 9.17) is 4.42 Å². The third kappa shape index (κ3) is 5.44. The van der Waals surface area contributed by atoms with E-state index in [9.17, 15) is 4.79 Å². The van der Waals surface area contributed by atoms with Crippen LogP contribution in [0.4, 0.5) is 0 Å². The van der Waals surface area contributed by atoms with Gasteiger partial charge in [0.15, 0.2) is 11.0 Å². The van der Waals surface area contributed by atoms with Crippen molar-refractivity contribution in [3.63, 3.8) is 0 Å². The van der Waals surface area contributed by atoms with Gasteiger partial charge in [-0.3, -0.25) is 9.36 Å². The van der Waals surface area contributed by atoms with Gasteiger partial charge in [-0.25, -0.2) is 0 Å². The molecule has 1 unspecified atom stereocenters. The number of nitrogens with zero attached hydrogens (tertiary/aromatic N) is 3. The maximum absolute atomic E-state index is 12.5. The van der Waals surface area contributed by atoms with E-state index in [1.807, 2.05) is 84.3 Å². The molecule has 1 atom stereocenters. The standard InChI is InChI=1S/C24H24N4O2S/c1-18(14-15-21-13-8-16-30-21)25-22(29)17-31-24-27-26-23(19-9-4-2-5-10-19)28(24)20-11-6-3-7-12-20/h2-13,16,18H,14-15,17H2,1H3,(H,25,29). The van der Waals surface area contributed by atoms with Crippen LogP contribution in [0.15, 0.2) is 88.6 Å². The molecule has 158 valence electrons. The van der Waals surface area contributed by atoms with Crippen molar-refractivity contribution in [2.75, 3.05) is 5.75 Å². The van der Waals surface area contributed by atoms with Crippen molar-refractivity contribution < 1.29 is 9.21 Å². The normalized spacial score (nSPS) is 11.9. The zero-order chi connectivity index (χ0) is 21.5. The smallest absolute Gasteiger partial charge is 0.230 e. The van der Waals surface area contributed by atoms with Gasteiger partial charge >= 0.3 is 0 Å². The number of furan rings is 1. The SMILES string of the molecule is CC(CCc1ccco1)NC(=O)CSc1nnc(-c2ccccc2)n1-c1ccccc1. The number of amides is 1. The summed E-state index contributed by atoms with van der Waals surface area (Å²) < 4.78 is 7.35. The number of benzene rings is 2. The second kappa shape index (κ2) is 10.1.